The van der Waals surface area contributed by atoms with Gasteiger partial charge in [-0.3, -0.25) is 28.0 Å². The summed E-state index contributed by atoms with van der Waals surface area (Å²) in [6.45, 7) is -6.29. The second-order valence-electron chi connectivity index (χ2n) is 10.7. The van der Waals surface area contributed by atoms with Gasteiger partial charge >= 0.3 is 6.80 Å². The molecule has 0 saturated carbocycles. The average Bonchev–Trinajstić information content (AvgIpc) is 3.80. The fraction of sp³-hybridized carbons (Fsp3) is 0.545. The van der Waals surface area contributed by atoms with Gasteiger partial charge in [0.15, 0.2) is 28.9 Å². The van der Waals surface area contributed by atoms with Crippen molar-refractivity contribution in [2.24, 2.45) is 0 Å². The summed E-state index contributed by atoms with van der Waals surface area (Å²) in [5, 5.41) is 20.3. The number of rotatable bonds is 9. The number of thioether (sulfide) groups is 1. The fourth-order valence-electron chi connectivity index (χ4n) is 5.72. The van der Waals surface area contributed by atoms with E-state index < -0.39 is 72.5 Å². The van der Waals surface area contributed by atoms with Crippen LogP contribution in [0.2, 0.25) is 0 Å². The first-order valence-electron chi connectivity index (χ1n) is 13.1. The van der Waals surface area contributed by atoms with E-state index >= 15 is 0 Å². The van der Waals surface area contributed by atoms with Crippen molar-refractivity contribution >= 4 is 64.9 Å². The number of thiol groups is 1. The van der Waals surface area contributed by atoms with Crippen molar-refractivity contribution < 1.29 is 37.7 Å². The van der Waals surface area contributed by atoms with Crippen molar-refractivity contribution in [2.75, 3.05) is 38.0 Å². The van der Waals surface area contributed by atoms with E-state index in [1.165, 1.54) is 23.5 Å². The number of nitrogen functional groups attached to an aromatic ring is 2. The number of aliphatic hydroxyl groups is 2. The number of aromatic nitrogens is 8. The largest absolute Gasteiger partial charge is 0.395 e. The summed E-state index contributed by atoms with van der Waals surface area (Å²) in [6, 6.07) is 0. The predicted octanol–water partition coefficient (Wildman–Crippen LogP) is -0.0730. The van der Waals surface area contributed by atoms with Crippen molar-refractivity contribution in [3.05, 3.63) is 29.3 Å². The summed E-state index contributed by atoms with van der Waals surface area (Å²) in [5.74, 6) is -0.00289. The van der Waals surface area contributed by atoms with Crippen LogP contribution in [-0.2, 0) is 23.1 Å². The summed E-state index contributed by atoms with van der Waals surface area (Å²) in [6.07, 6.45) is -0.0602. The summed E-state index contributed by atoms with van der Waals surface area (Å²) >= 11 is 5.16. The number of nitrogens with two attached hydrogens (primary N) is 2. The van der Waals surface area contributed by atoms with Gasteiger partial charge in [0.1, 0.15) is 41.7 Å². The third kappa shape index (κ3) is 4.69. The van der Waals surface area contributed by atoms with Gasteiger partial charge in [0.05, 0.1) is 43.3 Å². The number of hydrogen-bond acceptors (Lipinski definition) is 16. The zero-order chi connectivity index (χ0) is 31.0. The Morgan fingerprint density at radius 2 is 2.00 bits per heavy atom. The van der Waals surface area contributed by atoms with Gasteiger partial charge in [0.25, 0.3) is 5.56 Å². The topological polar surface area (TPSA) is 254 Å². The molecule has 1 unspecified atom stereocenters. The molecule has 8 atom stereocenters. The molecule has 3 fully saturated rings. The van der Waals surface area contributed by atoms with E-state index in [2.05, 4.69) is 42.2 Å². The highest BCUT2D eigenvalue weighted by molar-refractivity contribution is 8.44. The van der Waals surface area contributed by atoms with Crippen LogP contribution in [0.3, 0.4) is 0 Å². The third-order valence-corrected chi connectivity index (χ3v) is 11.2. The molecule has 3 saturated heterocycles. The molecule has 7 rings (SSSR count). The minimum atomic E-state index is -4.25. The van der Waals surface area contributed by atoms with E-state index in [0.29, 0.717) is 11.2 Å². The average molecular weight is 673 g/mol. The second-order valence-corrected chi connectivity index (χ2v) is 15.2. The normalized spacial score (nSPS) is 33.0. The number of aromatic amines is 1. The second kappa shape index (κ2) is 10.6. The molecule has 4 aromatic rings. The Morgan fingerprint density at radius 1 is 1.23 bits per heavy atom. The van der Waals surface area contributed by atoms with Crippen LogP contribution in [0.15, 0.2) is 23.8 Å². The lowest BCUT2D eigenvalue weighted by molar-refractivity contribution is -0.183. The van der Waals surface area contributed by atoms with Crippen molar-refractivity contribution in [2.45, 2.75) is 46.7 Å². The molecule has 0 aliphatic carbocycles. The van der Waals surface area contributed by atoms with Crippen LogP contribution in [0.5, 0.6) is 0 Å². The Morgan fingerprint density at radius 3 is 2.77 bits per heavy atom. The van der Waals surface area contributed by atoms with Gasteiger partial charge in [-0.1, -0.05) is 12.2 Å². The Balaban J connectivity index is 1.12. The van der Waals surface area contributed by atoms with Crippen LogP contribution in [0.1, 0.15) is 18.0 Å². The van der Waals surface area contributed by atoms with Crippen LogP contribution >= 0.6 is 30.8 Å². The van der Waals surface area contributed by atoms with Crippen LogP contribution in [0.4, 0.5) is 16.2 Å². The molecule has 0 amide bonds. The molecule has 0 aromatic carbocycles. The maximum absolute atomic E-state index is 14.2. The Labute approximate surface area is 255 Å². The van der Waals surface area contributed by atoms with Crippen molar-refractivity contribution in [3.8, 4) is 0 Å². The Bertz CT molecular complexity index is 1860. The first kappa shape index (κ1) is 29.8. The monoisotopic (exact) mass is 672 g/mol. The first-order valence-corrected chi connectivity index (χ1v) is 16.7. The molecule has 44 heavy (non-hydrogen) atoms. The predicted molar refractivity (Wildman–Crippen MR) is 155 cm³/mol. The minimum absolute atomic E-state index is 0.0257. The number of anilines is 2. The van der Waals surface area contributed by atoms with E-state index in [4.69, 9.17) is 30.0 Å². The van der Waals surface area contributed by atoms with Crippen LogP contribution in [-0.4, -0.2) is 104 Å². The van der Waals surface area contributed by atoms with E-state index in [1.54, 1.807) is 4.57 Å². The molecule has 3 aliphatic heterocycles. The van der Waals surface area contributed by atoms with Crippen LogP contribution < -0.4 is 17.0 Å². The molecule has 4 aromatic heterocycles. The van der Waals surface area contributed by atoms with Gasteiger partial charge in [-0.25, -0.2) is 28.9 Å². The number of aliphatic hydroxyl groups excluding tert-OH is 2. The van der Waals surface area contributed by atoms with Crippen molar-refractivity contribution in [3.63, 3.8) is 0 Å². The minimum Gasteiger partial charge on any atom is -0.395 e. The number of ether oxygens (including phenoxy) is 2. The molecular formula is C22H26FN10O8PS2. The number of alkyl halides is 1. The maximum atomic E-state index is 14.2. The molecule has 236 valence electrons. The van der Waals surface area contributed by atoms with Gasteiger partial charge in [0.2, 0.25) is 5.95 Å². The molecule has 0 spiro atoms. The Kier molecular flexibility index (Phi) is 7.18. The lowest BCUT2D eigenvalue weighted by Crippen LogP contribution is -2.44. The fourth-order valence-corrected chi connectivity index (χ4v) is 8.79. The molecule has 2 bridgehead atoms. The van der Waals surface area contributed by atoms with Gasteiger partial charge in [-0.05, 0) is 6.42 Å². The van der Waals surface area contributed by atoms with Crippen molar-refractivity contribution in [1.29, 1.82) is 0 Å². The van der Waals surface area contributed by atoms with Gasteiger partial charge < -0.3 is 31.2 Å². The Hall–Kier alpha value is -2.88. The number of H-pyrrole nitrogens is 1. The van der Waals surface area contributed by atoms with E-state index in [0.717, 1.165) is 11.8 Å². The summed E-state index contributed by atoms with van der Waals surface area (Å²) in [4.78, 5) is 35.3. The lowest BCUT2D eigenvalue weighted by atomic mass is 10.0. The molecule has 3 aliphatic rings. The molecule has 7 heterocycles. The number of nitrogens with zero attached hydrogens (tertiary/aromatic N) is 7. The standard InChI is InChI=1S/C22H26FN10O8PS2/c23-2-21(3-34)1-9(19(44-21)33-8-29-11-16(33)30-20(25)31-17(11)36)41-42(37,43)39-5-22-4-38-12(13(22)35)18(40-22)32-7-28-10-14(24)26-6-27-15(10)32/h6-9,12-13,18-19,34-35H,1-5H2,(H,37,43)(H2,24,26,27)(H3,25,30,31,36)/t9-,12-,13+,18-,19-,21-,22-,42?/m1/s1. The first-order chi connectivity index (χ1) is 21.0. The van der Waals surface area contributed by atoms with E-state index in [-0.39, 0.29) is 36.0 Å². The molecular weight excluding hydrogens is 646 g/mol. The molecule has 7 N–H and O–H groups in total. The van der Waals surface area contributed by atoms with Gasteiger partial charge in [-0.15, -0.1) is 11.8 Å². The number of fused-ring (bicyclic) bond motifs is 4. The SMILES string of the molecule is Nc1nc2c(ncn2[C@@H]2S[C@@](CO)(CF)C[C@H]2OP(=O)(S)OC[C@@]23CO[C@@H]([C@H](n4cnc5c(N)ncnc54)O2)[C@@H]3O)c(=O)[nH]1. The van der Waals surface area contributed by atoms with E-state index in [1.807, 2.05) is 0 Å². The molecule has 0 radical (unpaired) electrons. The summed E-state index contributed by atoms with van der Waals surface area (Å²) in [5.41, 5.74) is 10.3. The number of nitrogens with one attached hydrogen (secondary N) is 1. The summed E-state index contributed by atoms with van der Waals surface area (Å²) < 4.78 is 53.0. The zero-order valence-corrected chi connectivity index (χ0v) is 25.1. The quantitative estimate of drug-likeness (QED) is 0.100. The van der Waals surface area contributed by atoms with Gasteiger partial charge in [-0.2, -0.15) is 4.98 Å². The smallest absolute Gasteiger partial charge is 0.386 e. The van der Waals surface area contributed by atoms with Crippen LogP contribution in [0.25, 0.3) is 22.3 Å². The number of halogens is 1. The molecule has 22 heteroatoms. The molecule has 18 nitrogen and oxygen atoms in total. The third-order valence-electron chi connectivity index (χ3n) is 7.93. The van der Waals surface area contributed by atoms with E-state index in [9.17, 15) is 24.0 Å². The highest BCUT2D eigenvalue weighted by Crippen LogP contribution is 2.61. The number of hydrogen-bond donors (Lipinski definition) is 6. The van der Waals surface area contributed by atoms with Gasteiger partial charge in [0, 0.05) is 0 Å². The summed E-state index contributed by atoms with van der Waals surface area (Å²) in [7, 11) is 0. The zero-order valence-electron chi connectivity index (χ0n) is 22.5. The highest BCUT2D eigenvalue weighted by atomic mass is 32.7. The lowest BCUT2D eigenvalue weighted by Gasteiger charge is -2.32. The number of imidazole rings is 2. The maximum Gasteiger partial charge on any atom is 0.386 e. The highest BCUT2D eigenvalue weighted by Gasteiger charge is 2.63. The van der Waals surface area contributed by atoms with Crippen molar-refractivity contribution in [1.82, 2.24) is 39.0 Å². The van der Waals surface area contributed by atoms with Crippen LogP contribution in [0, 0.1) is 0 Å².